The van der Waals surface area contributed by atoms with E-state index in [9.17, 15) is 0 Å². The Bertz CT molecular complexity index is 957. The summed E-state index contributed by atoms with van der Waals surface area (Å²) in [6.07, 6.45) is 9.84. The molecule has 6 nitrogen and oxygen atoms in total. The van der Waals surface area contributed by atoms with Crippen LogP contribution in [-0.2, 0) is 24.2 Å². The second-order valence-electron chi connectivity index (χ2n) is 10.1. The van der Waals surface area contributed by atoms with Gasteiger partial charge in [-0.15, -0.1) is 0 Å². The fourth-order valence-corrected chi connectivity index (χ4v) is 5.84. The minimum atomic E-state index is 0.479. The van der Waals surface area contributed by atoms with Crippen LogP contribution in [0.15, 0.2) is 12.1 Å². The number of anilines is 1. The summed E-state index contributed by atoms with van der Waals surface area (Å²) in [5, 5.41) is 5.17. The first-order valence-electron chi connectivity index (χ1n) is 13.0. The van der Waals surface area contributed by atoms with Crippen LogP contribution in [0.25, 0.3) is 10.9 Å². The molecule has 1 aromatic carbocycles. The molecule has 2 saturated heterocycles. The number of ether oxygens (including phenoxy) is 2. The molecule has 1 atom stereocenters. The number of methoxy groups -OCH3 is 1. The van der Waals surface area contributed by atoms with Gasteiger partial charge in [0.25, 0.3) is 0 Å². The summed E-state index contributed by atoms with van der Waals surface area (Å²) in [4.78, 5) is 10.1. The Hall–Kier alpha value is -1.89. The van der Waals surface area contributed by atoms with Crippen molar-refractivity contribution in [2.45, 2.75) is 64.0 Å². The molecular formula is C27H40N4O2. The third-order valence-corrected chi connectivity index (χ3v) is 7.65. The summed E-state index contributed by atoms with van der Waals surface area (Å²) in [6.45, 7) is 7.07. The van der Waals surface area contributed by atoms with E-state index >= 15 is 0 Å². The summed E-state index contributed by atoms with van der Waals surface area (Å²) in [5.41, 5.74) is 6.16. The number of likely N-dealkylation sites (tertiary alicyclic amines) is 2. The fraction of sp³-hybridized carbons (Fsp3) is 0.667. The van der Waals surface area contributed by atoms with Crippen LogP contribution in [-0.4, -0.2) is 74.3 Å². The lowest BCUT2D eigenvalue weighted by atomic mass is 10.0. The van der Waals surface area contributed by atoms with Crippen molar-refractivity contribution >= 4 is 16.6 Å². The molecule has 0 radical (unpaired) electrons. The van der Waals surface area contributed by atoms with Gasteiger partial charge in [-0.25, -0.2) is 0 Å². The van der Waals surface area contributed by atoms with Crippen molar-refractivity contribution in [3.63, 3.8) is 0 Å². The van der Waals surface area contributed by atoms with Crippen LogP contribution in [0, 0.1) is 0 Å². The number of hydrogen-bond acceptors (Lipinski definition) is 6. The summed E-state index contributed by atoms with van der Waals surface area (Å²) in [7, 11) is 4.01. The quantitative estimate of drug-likeness (QED) is 0.605. The number of aryl methyl sites for hydroxylation is 1. The minimum absolute atomic E-state index is 0.479. The zero-order chi connectivity index (χ0) is 22.6. The Morgan fingerprint density at radius 2 is 1.91 bits per heavy atom. The second kappa shape index (κ2) is 10.6. The number of likely N-dealkylation sites (N-methyl/N-ethyl adjacent to an activating group) is 1. The predicted octanol–water partition coefficient (Wildman–Crippen LogP) is 4.24. The lowest BCUT2D eigenvalue weighted by molar-refractivity contribution is 0.0979. The SMILES string of the molecule is COc1cc2c(N[C@H]3CCCCN(C)C3)c3c(nc2cc1COCCN1CCCC1)CCC3. The predicted molar refractivity (Wildman–Crippen MR) is 134 cm³/mol. The molecule has 0 saturated carbocycles. The molecule has 33 heavy (non-hydrogen) atoms. The lowest BCUT2D eigenvalue weighted by Crippen LogP contribution is -2.33. The van der Waals surface area contributed by atoms with Crippen LogP contribution in [0.3, 0.4) is 0 Å². The van der Waals surface area contributed by atoms with Crippen LogP contribution in [0.1, 0.15) is 55.3 Å². The van der Waals surface area contributed by atoms with Crippen LogP contribution in [0.4, 0.5) is 5.69 Å². The number of benzene rings is 1. The van der Waals surface area contributed by atoms with Crippen molar-refractivity contribution in [3.05, 3.63) is 29.0 Å². The summed E-state index contributed by atoms with van der Waals surface area (Å²) >= 11 is 0. The number of fused-ring (bicyclic) bond motifs is 2. The highest BCUT2D eigenvalue weighted by Crippen LogP contribution is 2.38. The second-order valence-corrected chi connectivity index (χ2v) is 10.1. The maximum Gasteiger partial charge on any atom is 0.125 e. The molecule has 3 heterocycles. The van der Waals surface area contributed by atoms with E-state index in [1.165, 1.54) is 80.5 Å². The van der Waals surface area contributed by atoms with E-state index in [-0.39, 0.29) is 0 Å². The molecular weight excluding hydrogens is 412 g/mol. The largest absolute Gasteiger partial charge is 0.496 e. The van der Waals surface area contributed by atoms with E-state index < -0.39 is 0 Å². The molecule has 0 spiro atoms. The first-order valence-corrected chi connectivity index (χ1v) is 13.0. The van der Waals surface area contributed by atoms with Gasteiger partial charge in [-0.2, -0.15) is 0 Å². The minimum Gasteiger partial charge on any atom is -0.496 e. The maximum absolute atomic E-state index is 6.07. The average Bonchev–Trinajstić information content (AvgIpc) is 3.46. The van der Waals surface area contributed by atoms with Crippen LogP contribution in [0.2, 0.25) is 0 Å². The number of nitrogens with one attached hydrogen (secondary N) is 1. The maximum atomic E-state index is 6.07. The van der Waals surface area contributed by atoms with Gasteiger partial charge in [-0.1, -0.05) is 6.42 Å². The number of pyridine rings is 1. The molecule has 2 aliphatic heterocycles. The molecule has 2 aromatic rings. The third kappa shape index (κ3) is 5.28. The van der Waals surface area contributed by atoms with E-state index in [0.29, 0.717) is 12.6 Å². The Balaban J connectivity index is 1.39. The monoisotopic (exact) mass is 452 g/mol. The molecule has 1 aromatic heterocycles. The Labute approximate surface area is 198 Å². The molecule has 0 unspecified atom stereocenters. The zero-order valence-electron chi connectivity index (χ0n) is 20.5. The Kier molecular flexibility index (Phi) is 7.34. The normalized spacial score (nSPS) is 21.9. The zero-order valence-corrected chi connectivity index (χ0v) is 20.5. The van der Waals surface area contributed by atoms with Crippen LogP contribution >= 0.6 is 0 Å². The van der Waals surface area contributed by atoms with Crippen molar-refractivity contribution in [3.8, 4) is 5.75 Å². The highest BCUT2D eigenvalue weighted by molar-refractivity contribution is 5.95. The van der Waals surface area contributed by atoms with Gasteiger partial charge in [-0.3, -0.25) is 4.98 Å². The van der Waals surface area contributed by atoms with Crippen molar-refractivity contribution in [1.82, 2.24) is 14.8 Å². The fourth-order valence-electron chi connectivity index (χ4n) is 5.84. The molecule has 6 heteroatoms. The van der Waals surface area contributed by atoms with Crippen molar-refractivity contribution in [2.24, 2.45) is 0 Å². The van der Waals surface area contributed by atoms with Crippen molar-refractivity contribution in [2.75, 3.05) is 58.8 Å². The molecule has 2 fully saturated rings. The van der Waals surface area contributed by atoms with Crippen LogP contribution in [0.5, 0.6) is 5.75 Å². The average molecular weight is 453 g/mol. The first-order chi connectivity index (χ1) is 16.2. The molecule has 0 amide bonds. The van der Waals surface area contributed by atoms with Gasteiger partial charge in [0.05, 0.1) is 25.8 Å². The molecule has 0 bridgehead atoms. The third-order valence-electron chi connectivity index (χ3n) is 7.65. The van der Waals surface area contributed by atoms with E-state index in [0.717, 1.165) is 49.4 Å². The number of aromatic nitrogens is 1. The Morgan fingerprint density at radius 1 is 1.06 bits per heavy atom. The van der Waals surface area contributed by atoms with E-state index in [4.69, 9.17) is 14.5 Å². The van der Waals surface area contributed by atoms with Gasteiger partial charge in [0.1, 0.15) is 5.75 Å². The van der Waals surface area contributed by atoms with E-state index in [1.54, 1.807) is 7.11 Å². The standard InChI is InChI=1S/C27H40N4O2/c1-30-11-4-3-8-21(18-30)28-27-22-9-7-10-24(22)29-25-16-20(26(32-2)17-23(25)27)19-33-15-14-31-12-5-6-13-31/h16-17,21H,3-15,18-19H2,1-2H3,(H,28,29)/t21-/m0/s1. The van der Waals surface area contributed by atoms with Gasteiger partial charge >= 0.3 is 0 Å². The lowest BCUT2D eigenvalue weighted by Gasteiger charge is -2.25. The van der Waals surface area contributed by atoms with E-state index in [1.807, 2.05) is 0 Å². The smallest absolute Gasteiger partial charge is 0.125 e. The summed E-state index contributed by atoms with van der Waals surface area (Å²) < 4.78 is 11.9. The topological polar surface area (TPSA) is 49.9 Å². The van der Waals surface area contributed by atoms with E-state index in [2.05, 4.69) is 34.3 Å². The number of rotatable bonds is 8. The Morgan fingerprint density at radius 3 is 2.76 bits per heavy atom. The van der Waals surface area contributed by atoms with Gasteiger partial charge in [0.2, 0.25) is 0 Å². The molecule has 3 aliphatic rings. The number of nitrogens with zero attached hydrogens (tertiary/aromatic N) is 3. The number of hydrogen-bond donors (Lipinski definition) is 1. The van der Waals surface area contributed by atoms with Gasteiger partial charge in [0, 0.05) is 41.5 Å². The summed E-state index contributed by atoms with van der Waals surface area (Å²) in [6, 6.07) is 4.88. The summed E-state index contributed by atoms with van der Waals surface area (Å²) in [5.74, 6) is 0.907. The molecule has 180 valence electrons. The first kappa shape index (κ1) is 22.9. The highest BCUT2D eigenvalue weighted by Gasteiger charge is 2.24. The van der Waals surface area contributed by atoms with Crippen LogP contribution < -0.4 is 10.1 Å². The van der Waals surface area contributed by atoms with Gasteiger partial charge < -0.3 is 24.6 Å². The highest BCUT2D eigenvalue weighted by atomic mass is 16.5. The molecule has 1 N–H and O–H groups in total. The molecule has 5 rings (SSSR count). The van der Waals surface area contributed by atoms with Crippen molar-refractivity contribution in [1.29, 1.82) is 0 Å². The van der Waals surface area contributed by atoms with Gasteiger partial charge in [0.15, 0.2) is 0 Å². The van der Waals surface area contributed by atoms with Gasteiger partial charge in [-0.05, 0) is 89.3 Å². The molecule has 1 aliphatic carbocycles. The van der Waals surface area contributed by atoms with Crippen molar-refractivity contribution < 1.29 is 9.47 Å².